The van der Waals surface area contributed by atoms with Crippen molar-refractivity contribution in [3.8, 4) is 11.1 Å². The molecular formula is C14H13ClN2O2. The predicted octanol–water partition coefficient (Wildman–Crippen LogP) is 3.24. The SMILES string of the molecule is O=C(O)c1cc(-c2cnn3c2CCCC3)ccc1Cl. The smallest absolute Gasteiger partial charge is 0.337 e. The highest BCUT2D eigenvalue weighted by Crippen LogP contribution is 2.30. The van der Waals surface area contributed by atoms with Crippen LogP contribution in [0, 0.1) is 0 Å². The lowest BCUT2D eigenvalue weighted by molar-refractivity contribution is 0.0697. The molecule has 0 aliphatic carbocycles. The van der Waals surface area contributed by atoms with E-state index in [1.165, 1.54) is 5.69 Å². The summed E-state index contributed by atoms with van der Waals surface area (Å²) in [5, 5.41) is 13.7. The first-order chi connectivity index (χ1) is 9.16. The van der Waals surface area contributed by atoms with Gasteiger partial charge >= 0.3 is 5.97 Å². The average Bonchev–Trinajstić information content (AvgIpc) is 2.83. The Balaban J connectivity index is 2.10. The molecule has 4 nitrogen and oxygen atoms in total. The van der Waals surface area contributed by atoms with Gasteiger partial charge < -0.3 is 5.11 Å². The monoisotopic (exact) mass is 276 g/mol. The van der Waals surface area contributed by atoms with Crippen molar-refractivity contribution in [2.24, 2.45) is 0 Å². The first-order valence-corrected chi connectivity index (χ1v) is 6.62. The highest BCUT2D eigenvalue weighted by atomic mass is 35.5. The summed E-state index contributed by atoms with van der Waals surface area (Å²) in [6.07, 6.45) is 5.10. The number of carboxylic acid groups (broad SMARTS) is 1. The summed E-state index contributed by atoms with van der Waals surface area (Å²) in [6.45, 7) is 0.939. The molecule has 0 atom stereocenters. The highest BCUT2D eigenvalue weighted by Gasteiger charge is 2.17. The number of hydrogen-bond acceptors (Lipinski definition) is 2. The number of carboxylic acids is 1. The van der Waals surface area contributed by atoms with E-state index in [0.717, 1.165) is 36.9 Å². The van der Waals surface area contributed by atoms with Crippen molar-refractivity contribution < 1.29 is 9.90 Å². The zero-order chi connectivity index (χ0) is 13.4. The molecule has 0 fully saturated rings. The Hall–Kier alpha value is -1.81. The number of halogens is 1. The van der Waals surface area contributed by atoms with Crippen LogP contribution in [0.25, 0.3) is 11.1 Å². The molecule has 0 spiro atoms. The standard InChI is InChI=1S/C14H13ClN2O2/c15-12-5-4-9(7-10(12)14(18)19)11-8-16-17-6-2-1-3-13(11)17/h4-5,7-8H,1-3,6H2,(H,18,19). The third-order valence-electron chi connectivity index (χ3n) is 3.49. The van der Waals surface area contributed by atoms with Gasteiger partial charge in [-0.2, -0.15) is 5.10 Å². The van der Waals surface area contributed by atoms with E-state index in [2.05, 4.69) is 5.10 Å². The molecule has 1 aliphatic rings. The van der Waals surface area contributed by atoms with Gasteiger partial charge in [-0.05, 0) is 37.0 Å². The van der Waals surface area contributed by atoms with Crippen LogP contribution in [0.1, 0.15) is 28.9 Å². The van der Waals surface area contributed by atoms with Crippen LogP contribution < -0.4 is 0 Å². The number of rotatable bonds is 2. The largest absolute Gasteiger partial charge is 0.478 e. The minimum Gasteiger partial charge on any atom is -0.478 e. The Labute approximate surface area is 115 Å². The lowest BCUT2D eigenvalue weighted by Crippen LogP contribution is -2.11. The number of aryl methyl sites for hydroxylation is 1. The molecule has 0 radical (unpaired) electrons. The van der Waals surface area contributed by atoms with Crippen molar-refractivity contribution in [1.29, 1.82) is 0 Å². The first-order valence-electron chi connectivity index (χ1n) is 6.25. The van der Waals surface area contributed by atoms with E-state index in [1.807, 2.05) is 16.9 Å². The number of aromatic carboxylic acids is 1. The zero-order valence-corrected chi connectivity index (χ0v) is 11.0. The van der Waals surface area contributed by atoms with E-state index < -0.39 is 5.97 Å². The summed E-state index contributed by atoms with van der Waals surface area (Å²) in [4.78, 5) is 11.1. The van der Waals surface area contributed by atoms with Crippen LogP contribution in [0.4, 0.5) is 0 Å². The molecule has 98 valence electrons. The van der Waals surface area contributed by atoms with Crippen LogP contribution in [0.5, 0.6) is 0 Å². The number of benzene rings is 1. The predicted molar refractivity (Wildman–Crippen MR) is 72.6 cm³/mol. The number of carbonyl (C=O) groups is 1. The van der Waals surface area contributed by atoms with Gasteiger partial charge in [0.05, 0.1) is 16.8 Å². The normalized spacial score (nSPS) is 14.2. The molecule has 3 rings (SSSR count). The van der Waals surface area contributed by atoms with Gasteiger partial charge in [-0.15, -0.1) is 0 Å². The number of hydrogen-bond donors (Lipinski definition) is 1. The van der Waals surface area contributed by atoms with Gasteiger partial charge in [-0.3, -0.25) is 4.68 Å². The van der Waals surface area contributed by atoms with E-state index in [4.69, 9.17) is 16.7 Å². The molecule has 19 heavy (non-hydrogen) atoms. The fourth-order valence-corrected chi connectivity index (χ4v) is 2.72. The Morgan fingerprint density at radius 1 is 1.37 bits per heavy atom. The zero-order valence-electron chi connectivity index (χ0n) is 10.3. The van der Waals surface area contributed by atoms with Crippen molar-refractivity contribution in [2.75, 3.05) is 0 Å². The number of fused-ring (bicyclic) bond motifs is 1. The van der Waals surface area contributed by atoms with Crippen LogP contribution in [-0.2, 0) is 13.0 Å². The Bertz CT molecular complexity index is 649. The van der Waals surface area contributed by atoms with Gasteiger partial charge in [0, 0.05) is 17.8 Å². The van der Waals surface area contributed by atoms with E-state index in [-0.39, 0.29) is 10.6 Å². The molecule has 0 amide bonds. The molecule has 0 saturated heterocycles. The van der Waals surface area contributed by atoms with E-state index in [1.54, 1.807) is 12.1 Å². The maximum Gasteiger partial charge on any atom is 0.337 e. The number of nitrogens with zero attached hydrogens (tertiary/aromatic N) is 2. The molecule has 2 heterocycles. The topological polar surface area (TPSA) is 55.1 Å². The minimum absolute atomic E-state index is 0.134. The molecule has 1 aliphatic heterocycles. The summed E-state index contributed by atoms with van der Waals surface area (Å²) < 4.78 is 2.01. The van der Waals surface area contributed by atoms with Gasteiger partial charge in [-0.25, -0.2) is 4.79 Å². The van der Waals surface area contributed by atoms with Gasteiger partial charge in [0.15, 0.2) is 0 Å². The first kappa shape index (κ1) is 12.2. The Morgan fingerprint density at radius 3 is 3.00 bits per heavy atom. The second-order valence-corrected chi connectivity index (χ2v) is 5.09. The van der Waals surface area contributed by atoms with Gasteiger partial charge in [0.1, 0.15) is 0 Å². The van der Waals surface area contributed by atoms with E-state index >= 15 is 0 Å². The molecule has 1 N–H and O–H groups in total. The van der Waals surface area contributed by atoms with Crippen LogP contribution in [0.3, 0.4) is 0 Å². The fraction of sp³-hybridized carbons (Fsp3) is 0.286. The molecule has 1 aromatic heterocycles. The summed E-state index contributed by atoms with van der Waals surface area (Å²) in [5.41, 5.74) is 3.20. The average molecular weight is 277 g/mol. The van der Waals surface area contributed by atoms with Gasteiger partial charge in [0.25, 0.3) is 0 Å². The molecule has 0 bridgehead atoms. The Morgan fingerprint density at radius 2 is 2.21 bits per heavy atom. The molecule has 1 aromatic carbocycles. The summed E-state index contributed by atoms with van der Waals surface area (Å²) in [5.74, 6) is -1.01. The van der Waals surface area contributed by atoms with E-state index in [0.29, 0.717) is 0 Å². The second-order valence-electron chi connectivity index (χ2n) is 4.68. The summed E-state index contributed by atoms with van der Waals surface area (Å²) in [7, 11) is 0. The maximum absolute atomic E-state index is 11.1. The fourth-order valence-electron chi connectivity index (χ4n) is 2.52. The quantitative estimate of drug-likeness (QED) is 0.916. The maximum atomic E-state index is 11.1. The molecule has 5 heteroatoms. The lowest BCUT2D eigenvalue weighted by Gasteiger charge is -2.15. The molecule has 0 unspecified atom stereocenters. The second kappa shape index (κ2) is 4.70. The van der Waals surface area contributed by atoms with E-state index in [9.17, 15) is 4.79 Å². The van der Waals surface area contributed by atoms with Gasteiger partial charge in [0.2, 0.25) is 0 Å². The van der Waals surface area contributed by atoms with Crippen molar-refractivity contribution in [3.63, 3.8) is 0 Å². The molecular weight excluding hydrogens is 264 g/mol. The van der Waals surface area contributed by atoms with Crippen molar-refractivity contribution in [1.82, 2.24) is 9.78 Å². The van der Waals surface area contributed by atoms with Crippen molar-refractivity contribution in [2.45, 2.75) is 25.8 Å². The lowest BCUT2D eigenvalue weighted by atomic mass is 9.99. The van der Waals surface area contributed by atoms with Crippen LogP contribution in [0.2, 0.25) is 5.02 Å². The Kier molecular flexibility index (Phi) is 3.03. The highest BCUT2D eigenvalue weighted by molar-refractivity contribution is 6.33. The summed E-state index contributed by atoms with van der Waals surface area (Å²) >= 11 is 5.89. The third-order valence-corrected chi connectivity index (χ3v) is 3.82. The molecule has 2 aromatic rings. The van der Waals surface area contributed by atoms with Gasteiger partial charge in [-0.1, -0.05) is 17.7 Å². The van der Waals surface area contributed by atoms with Crippen LogP contribution in [0.15, 0.2) is 24.4 Å². The van der Waals surface area contributed by atoms with Crippen LogP contribution >= 0.6 is 11.6 Å². The minimum atomic E-state index is -1.01. The van der Waals surface area contributed by atoms with Crippen molar-refractivity contribution >= 4 is 17.6 Å². The third kappa shape index (κ3) is 2.12. The van der Waals surface area contributed by atoms with Crippen molar-refractivity contribution in [3.05, 3.63) is 40.7 Å². The molecule has 0 saturated carbocycles. The van der Waals surface area contributed by atoms with Crippen LogP contribution in [-0.4, -0.2) is 20.9 Å². The number of aromatic nitrogens is 2. The summed E-state index contributed by atoms with van der Waals surface area (Å²) in [6, 6.07) is 5.10.